The molecular formula is C28H32N2O3. The number of anilines is 1. The number of nitrogens with one attached hydrogen (secondary N) is 1. The first-order chi connectivity index (χ1) is 16.0. The molecule has 5 heteroatoms. The minimum Gasteiger partial charge on any atom is -0.475 e. The summed E-state index contributed by atoms with van der Waals surface area (Å²) in [6.45, 7) is 2.27. The van der Waals surface area contributed by atoms with Gasteiger partial charge >= 0.3 is 0 Å². The Kier molecular flexibility index (Phi) is 7.33. The summed E-state index contributed by atoms with van der Waals surface area (Å²) >= 11 is 0. The molecule has 172 valence electrons. The fourth-order valence-electron chi connectivity index (χ4n) is 3.89. The molecule has 1 atom stereocenters. The average Bonchev–Trinajstić information content (AvgIpc) is 2.84. The Bertz CT molecular complexity index is 1090. The molecule has 1 N–H and O–H groups in total. The number of benzene rings is 3. The zero-order chi connectivity index (χ0) is 23.2. The standard InChI is InChI=1S/C28H32N2O3/c1-20(30(2)3)33-25-16-11-23(12-17-25)28(22-9-14-24(15-10-22)32-19-31-4)27-18-13-21-7-5-6-8-26(21)29-27/h5-12,14-17,20,29H,13,18-19H2,1-4H3. The summed E-state index contributed by atoms with van der Waals surface area (Å²) in [5.41, 5.74) is 7.22. The van der Waals surface area contributed by atoms with Gasteiger partial charge in [-0.15, -0.1) is 0 Å². The lowest BCUT2D eigenvalue weighted by Crippen LogP contribution is -2.30. The molecule has 4 rings (SSSR count). The van der Waals surface area contributed by atoms with Crippen LogP contribution in [0.15, 0.2) is 78.5 Å². The van der Waals surface area contributed by atoms with E-state index in [-0.39, 0.29) is 13.0 Å². The molecule has 33 heavy (non-hydrogen) atoms. The highest BCUT2D eigenvalue weighted by Gasteiger charge is 2.18. The van der Waals surface area contributed by atoms with Gasteiger partial charge in [0.25, 0.3) is 0 Å². The Balaban J connectivity index is 1.69. The smallest absolute Gasteiger partial charge is 0.188 e. The maximum absolute atomic E-state index is 6.03. The third-order valence-electron chi connectivity index (χ3n) is 5.91. The number of methoxy groups -OCH3 is 1. The van der Waals surface area contributed by atoms with Gasteiger partial charge in [-0.1, -0.05) is 42.5 Å². The number of aryl methyl sites for hydroxylation is 1. The lowest BCUT2D eigenvalue weighted by molar-refractivity contribution is 0.0511. The molecule has 0 fully saturated rings. The fraction of sp³-hybridized carbons (Fsp3) is 0.286. The van der Waals surface area contributed by atoms with Crippen LogP contribution >= 0.6 is 0 Å². The molecule has 5 nitrogen and oxygen atoms in total. The zero-order valence-corrected chi connectivity index (χ0v) is 19.8. The lowest BCUT2D eigenvalue weighted by Gasteiger charge is -2.25. The molecular weight excluding hydrogens is 412 g/mol. The van der Waals surface area contributed by atoms with E-state index in [0.29, 0.717) is 0 Å². The minimum absolute atomic E-state index is 0.00447. The van der Waals surface area contributed by atoms with Gasteiger partial charge in [0, 0.05) is 24.1 Å². The molecule has 0 aliphatic carbocycles. The summed E-state index contributed by atoms with van der Waals surface area (Å²) in [4.78, 5) is 2.04. The van der Waals surface area contributed by atoms with Gasteiger partial charge in [-0.05, 0) is 80.9 Å². The second kappa shape index (κ2) is 10.6. The average molecular weight is 445 g/mol. The number of ether oxygens (including phenoxy) is 3. The summed E-state index contributed by atoms with van der Waals surface area (Å²) in [6.07, 6.45) is 1.97. The van der Waals surface area contributed by atoms with Crippen LogP contribution in [0.1, 0.15) is 30.0 Å². The molecule has 1 unspecified atom stereocenters. The van der Waals surface area contributed by atoms with Crippen LogP contribution in [-0.4, -0.2) is 39.1 Å². The second-order valence-electron chi connectivity index (χ2n) is 8.42. The second-order valence-corrected chi connectivity index (χ2v) is 8.42. The van der Waals surface area contributed by atoms with Crippen molar-refractivity contribution >= 4 is 11.3 Å². The van der Waals surface area contributed by atoms with Crippen LogP contribution in [-0.2, 0) is 11.2 Å². The van der Waals surface area contributed by atoms with Crippen LogP contribution in [0, 0.1) is 0 Å². The van der Waals surface area contributed by atoms with Gasteiger partial charge in [0.2, 0.25) is 0 Å². The van der Waals surface area contributed by atoms with Crippen molar-refractivity contribution in [2.24, 2.45) is 0 Å². The predicted molar refractivity (Wildman–Crippen MR) is 134 cm³/mol. The summed E-state index contributed by atoms with van der Waals surface area (Å²) in [5.74, 6) is 1.64. The minimum atomic E-state index is 0.00447. The Morgan fingerprint density at radius 1 is 0.879 bits per heavy atom. The molecule has 0 radical (unpaired) electrons. The molecule has 0 saturated carbocycles. The van der Waals surface area contributed by atoms with Gasteiger partial charge in [0.1, 0.15) is 17.7 Å². The monoisotopic (exact) mass is 444 g/mol. The lowest BCUT2D eigenvalue weighted by atomic mass is 9.91. The number of allylic oxidation sites excluding steroid dienone is 1. The number of hydrogen-bond donors (Lipinski definition) is 1. The molecule has 1 aliphatic rings. The maximum atomic E-state index is 6.03. The van der Waals surface area contributed by atoms with E-state index < -0.39 is 0 Å². The normalized spacial score (nSPS) is 15.4. The van der Waals surface area contributed by atoms with Gasteiger partial charge < -0.3 is 19.5 Å². The first-order valence-electron chi connectivity index (χ1n) is 11.3. The summed E-state index contributed by atoms with van der Waals surface area (Å²) in [6, 6.07) is 25.1. The number of rotatable bonds is 8. The highest BCUT2D eigenvalue weighted by molar-refractivity contribution is 5.85. The van der Waals surface area contributed by atoms with E-state index >= 15 is 0 Å². The van der Waals surface area contributed by atoms with Crippen molar-refractivity contribution in [3.05, 3.63) is 95.2 Å². The van der Waals surface area contributed by atoms with E-state index in [1.807, 2.05) is 50.2 Å². The van der Waals surface area contributed by atoms with Crippen LogP contribution in [0.2, 0.25) is 0 Å². The Labute approximate surface area is 196 Å². The molecule has 0 bridgehead atoms. The van der Waals surface area contributed by atoms with Crippen molar-refractivity contribution in [2.45, 2.75) is 26.0 Å². The van der Waals surface area contributed by atoms with Crippen LogP contribution in [0.25, 0.3) is 5.57 Å². The number of para-hydroxylation sites is 1. The van der Waals surface area contributed by atoms with E-state index in [1.165, 1.54) is 22.5 Å². The number of nitrogens with zero attached hydrogens (tertiary/aromatic N) is 1. The van der Waals surface area contributed by atoms with Crippen molar-refractivity contribution in [3.63, 3.8) is 0 Å². The largest absolute Gasteiger partial charge is 0.475 e. The molecule has 0 amide bonds. The first-order valence-corrected chi connectivity index (χ1v) is 11.3. The first kappa shape index (κ1) is 22.9. The highest BCUT2D eigenvalue weighted by Crippen LogP contribution is 2.35. The van der Waals surface area contributed by atoms with Crippen LogP contribution in [0.3, 0.4) is 0 Å². The summed E-state index contributed by atoms with van der Waals surface area (Å²) in [5, 5.41) is 3.70. The van der Waals surface area contributed by atoms with Gasteiger partial charge in [0.15, 0.2) is 6.79 Å². The van der Waals surface area contributed by atoms with Crippen LogP contribution in [0.4, 0.5) is 5.69 Å². The number of hydrogen-bond acceptors (Lipinski definition) is 5. The number of fused-ring (bicyclic) bond motifs is 1. The maximum Gasteiger partial charge on any atom is 0.188 e. The van der Waals surface area contributed by atoms with E-state index in [1.54, 1.807) is 7.11 Å². The summed E-state index contributed by atoms with van der Waals surface area (Å²) < 4.78 is 16.6. The van der Waals surface area contributed by atoms with Crippen molar-refractivity contribution < 1.29 is 14.2 Å². The van der Waals surface area contributed by atoms with Crippen molar-refractivity contribution in [3.8, 4) is 11.5 Å². The van der Waals surface area contributed by atoms with Crippen LogP contribution < -0.4 is 14.8 Å². The Morgan fingerprint density at radius 3 is 2.15 bits per heavy atom. The van der Waals surface area contributed by atoms with E-state index in [0.717, 1.165) is 35.5 Å². The van der Waals surface area contributed by atoms with Gasteiger partial charge in [-0.25, -0.2) is 0 Å². The molecule has 0 saturated heterocycles. The molecule has 3 aromatic rings. The third-order valence-corrected chi connectivity index (χ3v) is 5.91. The third kappa shape index (κ3) is 5.56. The van der Waals surface area contributed by atoms with Crippen molar-refractivity contribution in [2.75, 3.05) is 33.3 Å². The van der Waals surface area contributed by atoms with E-state index in [2.05, 4.69) is 53.8 Å². The molecule has 0 aromatic heterocycles. The molecule has 1 aliphatic heterocycles. The van der Waals surface area contributed by atoms with Crippen molar-refractivity contribution in [1.29, 1.82) is 0 Å². The zero-order valence-electron chi connectivity index (χ0n) is 19.8. The summed E-state index contributed by atoms with van der Waals surface area (Å²) in [7, 11) is 5.64. The van der Waals surface area contributed by atoms with Crippen LogP contribution in [0.5, 0.6) is 11.5 Å². The fourth-order valence-corrected chi connectivity index (χ4v) is 3.89. The molecule has 3 aromatic carbocycles. The van der Waals surface area contributed by atoms with Gasteiger partial charge in [-0.2, -0.15) is 0 Å². The quantitative estimate of drug-likeness (QED) is 0.447. The van der Waals surface area contributed by atoms with E-state index in [4.69, 9.17) is 14.2 Å². The SMILES string of the molecule is COCOc1ccc(C(=C2CCc3ccccc3N2)c2ccc(OC(C)N(C)C)cc2)cc1. The topological polar surface area (TPSA) is 43.0 Å². The van der Waals surface area contributed by atoms with Gasteiger partial charge in [-0.3, -0.25) is 4.90 Å². The van der Waals surface area contributed by atoms with Crippen molar-refractivity contribution in [1.82, 2.24) is 4.90 Å². The molecule has 1 heterocycles. The predicted octanol–water partition coefficient (Wildman–Crippen LogP) is 5.77. The Morgan fingerprint density at radius 2 is 1.52 bits per heavy atom. The highest BCUT2D eigenvalue weighted by atomic mass is 16.7. The molecule has 0 spiro atoms. The van der Waals surface area contributed by atoms with Gasteiger partial charge in [0.05, 0.1) is 0 Å². The Hall–Kier alpha value is -3.28. The van der Waals surface area contributed by atoms with E-state index in [9.17, 15) is 0 Å².